The Morgan fingerprint density at radius 1 is 1.04 bits per heavy atom. The van der Waals surface area contributed by atoms with Gasteiger partial charge in [-0.3, -0.25) is 0 Å². The molecule has 4 rings (SSSR count). The zero-order valence-corrected chi connectivity index (χ0v) is 14.6. The first-order valence-corrected chi connectivity index (χ1v) is 8.64. The van der Waals surface area contributed by atoms with Crippen molar-refractivity contribution in [3.05, 3.63) is 59.3 Å². The fraction of sp³-hybridized carbons (Fsp3) is 0.333. The molecule has 3 heteroatoms. The molecule has 1 aromatic heterocycles. The van der Waals surface area contributed by atoms with E-state index < -0.39 is 0 Å². The van der Waals surface area contributed by atoms with Crippen LogP contribution in [0.3, 0.4) is 0 Å². The minimum atomic E-state index is 0.623. The molecule has 0 bridgehead atoms. The first-order chi connectivity index (χ1) is 11.6. The van der Waals surface area contributed by atoms with Crippen LogP contribution in [0.2, 0.25) is 0 Å². The van der Waals surface area contributed by atoms with Crippen LogP contribution < -0.4 is 4.74 Å². The van der Waals surface area contributed by atoms with E-state index in [1.807, 2.05) is 18.2 Å². The van der Waals surface area contributed by atoms with Crippen LogP contribution in [0.25, 0.3) is 10.9 Å². The summed E-state index contributed by atoms with van der Waals surface area (Å²) < 4.78 is 6.05. The van der Waals surface area contributed by atoms with Crippen molar-refractivity contribution in [3.8, 4) is 11.5 Å². The highest BCUT2D eigenvalue weighted by molar-refractivity contribution is 5.86. The van der Waals surface area contributed by atoms with Crippen LogP contribution in [-0.2, 0) is 12.8 Å². The van der Waals surface area contributed by atoms with Crippen LogP contribution >= 0.6 is 0 Å². The van der Waals surface area contributed by atoms with Gasteiger partial charge >= 0.3 is 0 Å². The van der Waals surface area contributed by atoms with Crippen LogP contribution in [0.1, 0.15) is 23.2 Å². The van der Waals surface area contributed by atoms with E-state index in [0.717, 1.165) is 24.3 Å². The zero-order chi connectivity index (χ0) is 16.7. The highest BCUT2D eigenvalue weighted by Crippen LogP contribution is 2.33. The smallest absolute Gasteiger partial charge is 0.128 e. The second-order valence-electron chi connectivity index (χ2n) is 7.06. The van der Waals surface area contributed by atoms with Crippen LogP contribution in [-0.4, -0.2) is 30.0 Å². The van der Waals surface area contributed by atoms with E-state index in [2.05, 4.69) is 55.2 Å². The van der Waals surface area contributed by atoms with Crippen molar-refractivity contribution in [2.45, 2.75) is 32.2 Å². The number of fused-ring (bicyclic) bond motifs is 3. The predicted octanol–water partition coefficient (Wildman–Crippen LogP) is 4.69. The molecule has 3 nitrogen and oxygen atoms in total. The van der Waals surface area contributed by atoms with Crippen molar-refractivity contribution in [2.75, 3.05) is 14.1 Å². The maximum Gasteiger partial charge on any atom is 0.128 e. The van der Waals surface area contributed by atoms with Gasteiger partial charge in [0.05, 0.1) is 0 Å². The number of aromatic nitrogens is 1. The molecule has 0 radical (unpaired) electrons. The van der Waals surface area contributed by atoms with Crippen molar-refractivity contribution in [1.82, 2.24) is 9.88 Å². The average molecular weight is 320 g/mol. The van der Waals surface area contributed by atoms with Crippen LogP contribution in [0.5, 0.6) is 11.5 Å². The number of nitrogens with one attached hydrogen (secondary N) is 1. The quantitative estimate of drug-likeness (QED) is 0.758. The topological polar surface area (TPSA) is 28.3 Å². The summed E-state index contributed by atoms with van der Waals surface area (Å²) >= 11 is 0. The first kappa shape index (κ1) is 15.3. The highest BCUT2D eigenvalue weighted by Gasteiger charge is 2.23. The lowest BCUT2D eigenvalue weighted by Crippen LogP contribution is -2.33. The summed E-state index contributed by atoms with van der Waals surface area (Å²) in [7, 11) is 4.35. The van der Waals surface area contributed by atoms with E-state index >= 15 is 0 Å². The monoisotopic (exact) mass is 320 g/mol. The van der Waals surface area contributed by atoms with Gasteiger partial charge in [-0.25, -0.2) is 0 Å². The highest BCUT2D eigenvalue weighted by atomic mass is 16.5. The SMILES string of the molecule is Cc1ccc(Oc2ccc3[nH]c4c(c3c2)CC(N(C)C)CC4)cc1. The predicted molar refractivity (Wildman–Crippen MR) is 99.1 cm³/mol. The van der Waals surface area contributed by atoms with E-state index in [-0.39, 0.29) is 0 Å². The van der Waals surface area contributed by atoms with Crippen LogP contribution in [0, 0.1) is 6.92 Å². The Bertz CT molecular complexity index is 861. The van der Waals surface area contributed by atoms with E-state index in [4.69, 9.17) is 4.74 Å². The number of aromatic amines is 1. The molecule has 24 heavy (non-hydrogen) atoms. The van der Waals surface area contributed by atoms with Gasteiger partial charge in [0.1, 0.15) is 11.5 Å². The van der Waals surface area contributed by atoms with Crippen molar-refractivity contribution in [2.24, 2.45) is 0 Å². The number of likely N-dealkylation sites (N-methyl/N-ethyl adjacent to an activating group) is 1. The summed E-state index contributed by atoms with van der Waals surface area (Å²) in [6.07, 6.45) is 3.46. The number of hydrogen-bond donors (Lipinski definition) is 1. The van der Waals surface area contributed by atoms with Gasteiger partial charge in [0.25, 0.3) is 0 Å². The normalized spacial score (nSPS) is 17.2. The molecule has 1 atom stereocenters. The molecule has 1 N–H and O–H groups in total. The molecular weight excluding hydrogens is 296 g/mol. The lowest BCUT2D eigenvalue weighted by atomic mass is 9.91. The van der Waals surface area contributed by atoms with Gasteiger partial charge in [0, 0.05) is 22.6 Å². The van der Waals surface area contributed by atoms with E-state index in [1.165, 1.54) is 34.1 Å². The van der Waals surface area contributed by atoms with E-state index in [9.17, 15) is 0 Å². The maximum atomic E-state index is 6.05. The Morgan fingerprint density at radius 3 is 2.54 bits per heavy atom. The number of aryl methyl sites for hydroxylation is 2. The molecule has 0 fully saturated rings. The molecule has 1 aliphatic carbocycles. The van der Waals surface area contributed by atoms with Gasteiger partial charge in [-0.1, -0.05) is 17.7 Å². The molecule has 3 aromatic rings. The molecule has 0 saturated heterocycles. The Morgan fingerprint density at radius 2 is 1.79 bits per heavy atom. The third-order valence-corrected chi connectivity index (χ3v) is 5.12. The number of benzene rings is 2. The molecule has 0 spiro atoms. The largest absolute Gasteiger partial charge is 0.457 e. The van der Waals surface area contributed by atoms with Gasteiger partial charge < -0.3 is 14.6 Å². The molecule has 2 aromatic carbocycles. The number of H-pyrrole nitrogens is 1. The minimum absolute atomic E-state index is 0.623. The molecular formula is C21H24N2O. The van der Waals surface area contributed by atoms with Crippen molar-refractivity contribution < 1.29 is 4.74 Å². The van der Waals surface area contributed by atoms with Gasteiger partial charge in [-0.15, -0.1) is 0 Å². The standard InChI is InChI=1S/C21H24N2O/c1-14-4-7-16(8-5-14)24-17-9-11-21-19(13-17)18-12-15(23(2)3)6-10-20(18)22-21/h4-5,7-9,11,13,15,22H,6,10,12H2,1-3H3. The van der Waals surface area contributed by atoms with Gasteiger partial charge in [-0.05, 0) is 76.2 Å². The summed E-state index contributed by atoms with van der Waals surface area (Å²) in [5.74, 6) is 1.79. The maximum absolute atomic E-state index is 6.05. The lowest BCUT2D eigenvalue weighted by molar-refractivity contribution is 0.268. The molecule has 1 heterocycles. The molecule has 1 unspecified atom stereocenters. The summed E-state index contributed by atoms with van der Waals surface area (Å²) in [6, 6.07) is 15.2. The summed E-state index contributed by atoms with van der Waals surface area (Å²) in [5.41, 5.74) is 5.32. The third kappa shape index (κ3) is 2.80. The van der Waals surface area contributed by atoms with Crippen molar-refractivity contribution >= 4 is 10.9 Å². The van der Waals surface area contributed by atoms with Gasteiger partial charge in [0.15, 0.2) is 0 Å². The zero-order valence-electron chi connectivity index (χ0n) is 14.6. The van der Waals surface area contributed by atoms with E-state index in [1.54, 1.807) is 0 Å². The molecule has 0 saturated carbocycles. The molecule has 1 aliphatic rings. The second kappa shape index (κ2) is 5.99. The van der Waals surface area contributed by atoms with E-state index in [0.29, 0.717) is 6.04 Å². The number of ether oxygens (including phenoxy) is 1. The summed E-state index contributed by atoms with van der Waals surface area (Å²) in [6.45, 7) is 2.09. The number of rotatable bonds is 3. The lowest BCUT2D eigenvalue weighted by Gasteiger charge is -2.28. The fourth-order valence-corrected chi connectivity index (χ4v) is 3.62. The van der Waals surface area contributed by atoms with Crippen LogP contribution in [0.4, 0.5) is 0 Å². The first-order valence-electron chi connectivity index (χ1n) is 8.64. The van der Waals surface area contributed by atoms with Gasteiger partial charge in [0.2, 0.25) is 0 Å². The van der Waals surface area contributed by atoms with Crippen molar-refractivity contribution in [3.63, 3.8) is 0 Å². The van der Waals surface area contributed by atoms with Gasteiger partial charge in [-0.2, -0.15) is 0 Å². The Kier molecular flexibility index (Phi) is 3.81. The Labute approximate surface area is 143 Å². The minimum Gasteiger partial charge on any atom is -0.457 e. The molecule has 0 amide bonds. The molecule has 124 valence electrons. The Balaban J connectivity index is 1.67. The molecule has 0 aliphatic heterocycles. The Hall–Kier alpha value is -2.26. The average Bonchev–Trinajstić information content (AvgIpc) is 2.94. The third-order valence-electron chi connectivity index (χ3n) is 5.12. The van der Waals surface area contributed by atoms with Crippen LogP contribution in [0.15, 0.2) is 42.5 Å². The van der Waals surface area contributed by atoms with Crippen molar-refractivity contribution in [1.29, 1.82) is 0 Å². The summed E-state index contributed by atoms with van der Waals surface area (Å²) in [5, 5.41) is 1.31. The number of nitrogens with zero attached hydrogens (tertiary/aromatic N) is 1. The number of hydrogen-bond acceptors (Lipinski definition) is 2. The second-order valence-corrected chi connectivity index (χ2v) is 7.06. The summed E-state index contributed by atoms with van der Waals surface area (Å²) in [4.78, 5) is 5.94. The fourth-order valence-electron chi connectivity index (χ4n) is 3.62.